The van der Waals surface area contributed by atoms with Crippen LogP contribution in [-0.2, 0) is 19.6 Å². The Bertz CT molecular complexity index is 299. The molecule has 0 saturated heterocycles. The molecule has 0 spiro atoms. The molecule has 0 radical (unpaired) electrons. The van der Waals surface area contributed by atoms with Crippen molar-refractivity contribution in [3.63, 3.8) is 0 Å². The number of halogens is 1. The van der Waals surface area contributed by atoms with Crippen molar-refractivity contribution in [2.45, 2.75) is 97.8 Å². The molecule has 5 heteroatoms. The van der Waals surface area contributed by atoms with Gasteiger partial charge in [-0.15, -0.1) is 11.6 Å². The maximum Gasteiger partial charge on any atom is 0.0986 e. The van der Waals surface area contributed by atoms with Gasteiger partial charge in [0.05, 0.1) is 29.3 Å². The highest BCUT2D eigenvalue weighted by atomic mass is 35.5. The third kappa shape index (κ3) is 12.7. The van der Waals surface area contributed by atoms with Gasteiger partial charge in [0.1, 0.15) is 0 Å². The lowest BCUT2D eigenvalue weighted by Gasteiger charge is -2.32. The molecule has 0 aliphatic heterocycles. The van der Waals surface area contributed by atoms with Crippen LogP contribution in [-0.4, -0.2) is 29.3 Å². The number of hydrogen-bond donors (Lipinski definition) is 0. The molecule has 0 aromatic heterocycles. The lowest BCUT2D eigenvalue weighted by Crippen LogP contribution is -2.34. The van der Waals surface area contributed by atoms with Gasteiger partial charge in [-0.25, -0.2) is 19.6 Å². The smallest absolute Gasteiger partial charge is 0.0986 e. The van der Waals surface area contributed by atoms with Gasteiger partial charge in [-0.05, 0) is 59.8 Å². The first-order valence-electron chi connectivity index (χ1n) is 8.00. The Morgan fingerprint density at radius 3 is 1.68 bits per heavy atom. The van der Waals surface area contributed by atoms with Crippen molar-refractivity contribution >= 4 is 11.6 Å². The average Bonchev–Trinajstić information content (AvgIpc) is 2.23. The summed E-state index contributed by atoms with van der Waals surface area (Å²) in [6, 6.07) is 0. The summed E-state index contributed by atoms with van der Waals surface area (Å²) in [4.78, 5) is 21.5. The minimum Gasteiger partial charge on any atom is -0.235 e. The SMILES string of the molecule is CC(C)(C)OOCC(Cl)CCC(OOC(C)(C)C)C(C)(C)C. The van der Waals surface area contributed by atoms with E-state index in [-0.39, 0.29) is 28.1 Å². The predicted molar refractivity (Wildman–Crippen MR) is 90.8 cm³/mol. The zero-order valence-electron chi connectivity index (χ0n) is 15.8. The Hall–Kier alpha value is 0.130. The first kappa shape index (κ1) is 22.1. The van der Waals surface area contributed by atoms with Crippen molar-refractivity contribution in [3.05, 3.63) is 0 Å². The summed E-state index contributed by atoms with van der Waals surface area (Å²) in [7, 11) is 0. The molecule has 0 rings (SSSR count). The summed E-state index contributed by atoms with van der Waals surface area (Å²) in [5, 5.41) is -0.120. The van der Waals surface area contributed by atoms with Crippen LogP contribution in [0.15, 0.2) is 0 Å². The third-order valence-corrected chi connectivity index (χ3v) is 3.02. The highest BCUT2D eigenvalue weighted by Crippen LogP contribution is 2.29. The molecule has 0 amide bonds. The topological polar surface area (TPSA) is 36.9 Å². The van der Waals surface area contributed by atoms with E-state index in [0.717, 1.165) is 12.8 Å². The van der Waals surface area contributed by atoms with Crippen LogP contribution in [0.2, 0.25) is 0 Å². The van der Waals surface area contributed by atoms with Crippen molar-refractivity contribution in [2.24, 2.45) is 5.41 Å². The molecule has 0 aliphatic carbocycles. The Kier molecular flexibility index (Phi) is 8.89. The Morgan fingerprint density at radius 2 is 1.27 bits per heavy atom. The van der Waals surface area contributed by atoms with Crippen LogP contribution >= 0.6 is 11.6 Å². The van der Waals surface area contributed by atoms with Crippen molar-refractivity contribution in [1.82, 2.24) is 0 Å². The summed E-state index contributed by atoms with van der Waals surface area (Å²) in [5.41, 5.74) is -0.674. The van der Waals surface area contributed by atoms with Crippen molar-refractivity contribution in [1.29, 1.82) is 0 Å². The van der Waals surface area contributed by atoms with Crippen molar-refractivity contribution in [3.8, 4) is 0 Å². The van der Waals surface area contributed by atoms with Crippen LogP contribution in [0.25, 0.3) is 0 Å². The van der Waals surface area contributed by atoms with Gasteiger partial charge in [-0.2, -0.15) is 0 Å². The highest BCUT2D eigenvalue weighted by molar-refractivity contribution is 6.20. The molecule has 22 heavy (non-hydrogen) atoms. The number of rotatable bonds is 8. The van der Waals surface area contributed by atoms with Gasteiger partial charge < -0.3 is 0 Å². The summed E-state index contributed by atoms with van der Waals surface area (Å²) in [6.07, 6.45) is 1.54. The second-order valence-corrected chi connectivity index (χ2v) is 9.42. The minimum atomic E-state index is -0.326. The lowest BCUT2D eigenvalue weighted by atomic mass is 9.86. The van der Waals surface area contributed by atoms with E-state index in [4.69, 9.17) is 31.2 Å². The van der Waals surface area contributed by atoms with Crippen LogP contribution in [0.5, 0.6) is 0 Å². The molecule has 0 bridgehead atoms. The Morgan fingerprint density at radius 1 is 0.773 bits per heavy atom. The van der Waals surface area contributed by atoms with Crippen molar-refractivity contribution in [2.75, 3.05) is 6.61 Å². The monoisotopic (exact) mass is 338 g/mol. The summed E-state index contributed by atoms with van der Waals surface area (Å²) < 4.78 is 0. The molecule has 2 atom stereocenters. The van der Waals surface area contributed by atoms with Crippen LogP contribution in [0, 0.1) is 5.41 Å². The quantitative estimate of drug-likeness (QED) is 0.342. The van der Waals surface area contributed by atoms with Gasteiger partial charge in [0, 0.05) is 0 Å². The van der Waals surface area contributed by atoms with Crippen LogP contribution in [0.4, 0.5) is 0 Å². The molecule has 0 aliphatic rings. The largest absolute Gasteiger partial charge is 0.235 e. The Balaban J connectivity index is 4.22. The average molecular weight is 339 g/mol. The second kappa shape index (κ2) is 8.84. The molecule has 0 N–H and O–H groups in total. The molecule has 4 nitrogen and oxygen atoms in total. The highest BCUT2D eigenvalue weighted by Gasteiger charge is 2.29. The zero-order valence-corrected chi connectivity index (χ0v) is 16.5. The van der Waals surface area contributed by atoms with E-state index in [0.29, 0.717) is 6.61 Å². The molecule has 0 aromatic rings. The van der Waals surface area contributed by atoms with Crippen LogP contribution in [0.1, 0.15) is 75.2 Å². The van der Waals surface area contributed by atoms with Crippen LogP contribution < -0.4 is 0 Å². The first-order chi connectivity index (χ1) is 9.71. The molecule has 0 aromatic carbocycles. The van der Waals surface area contributed by atoms with E-state index < -0.39 is 0 Å². The van der Waals surface area contributed by atoms with Gasteiger partial charge >= 0.3 is 0 Å². The summed E-state index contributed by atoms with van der Waals surface area (Å²) in [6.45, 7) is 18.5. The fourth-order valence-electron chi connectivity index (χ4n) is 1.53. The third-order valence-electron chi connectivity index (χ3n) is 2.68. The lowest BCUT2D eigenvalue weighted by molar-refractivity contribution is -0.387. The van der Waals surface area contributed by atoms with Crippen molar-refractivity contribution < 1.29 is 19.6 Å². The molecule has 2 unspecified atom stereocenters. The second-order valence-electron chi connectivity index (χ2n) is 8.80. The Labute approximate surface area is 141 Å². The van der Waals surface area contributed by atoms with Gasteiger partial charge in [-0.1, -0.05) is 20.8 Å². The van der Waals surface area contributed by atoms with Gasteiger partial charge in [0.25, 0.3) is 0 Å². The van der Waals surface area contributed by atoms with Crippen LogP contribution in [0.3, 0.4) is 0 Å². The molecule has 134 valence electrons. The number of hydrogen-bond acceptors (Lipinski definition) is 4. The van der Waals surface area contributed by atoms with E-state index in [1.54, 1.807) is 0 Å². The van der Waals surface area contributed by atoms with E-state index in [1.807, 2.05) is 41.5 Å². The maximum absolute atomic E-state index is 6.29. The maximum atomic E-state index is 6.29. The van der Waals surface area contributed by atoms with E-state index in [2.05, 4.69) is 20.8 Å². The zero-order chi connectivity index (χ0) is 17.6. The fourth-order valence-corrected chi connectivity index (χ4v) is 1.71. The predicted octanol–water partition coefficient (Wildman–Crippen LogP) is 5.28. The normalized spacial score (nSPS) is 16.6. The minimum absolute atomic E-state index is 0.0232. The van der Waals surface area contributed by atoms with Gasteiger partial charge in [0.15, 0.2) is 0 Å². The first-order valence-corrected chi connectivity index (χ1v) is 8.43. The van der Waals surface area contributed by atoms with Gasteiger partial charge in [0.2, 0.25) is 0 Å². The number of alkyl halides is 1. The van der Waals surface area contributed by atoms with Gasteiger partial charge in [-0.3, -0.25) is 0 Å². The van der Waals surface area contributed by atoms with E-state index >= 15 is 0 Å². The summed E-state index contributed by atoms with van der Waals surface area (Å²) >= 11 is 6.29. The molecule has 0 fully saturated rings. The summed E-state index contributed by atoms with van der Waals surface area (Å²) in [5.74, 6) is 0. The molecule has 0 heterocycles. The fraction of sp³-hybridized carbons (Fsp3) is 1.00. The van der Waals surface area contributed by atoms with E-state index in [1.165, 1.54) is 0 Å². The molecular weight excluding hydrogens is 304 g/mol. The molecular formula is C17H35ClO4. The van der Waals surface area contributed by atoms with E-state index in [9.17, 15) is 0 Å². The molecule has 0 saturated carbocycles. The standard InChI is InChI=1S/C17H35ClO4/c1-15(2,3)14(20-22-17(7,8)9)11-10-13(18)12-19-21-16(4,5)6/h13-14H,10-12H2,1-9H3.